The molecule has 0 spiro atoms. The maximum Gasteiger partial charge on any atom is 0.260 e. The second kappa shape index (κ2) is 9.59. The van der Waals surface area contributed by atoms with Gasteiger partial charge in [-0.1, -0.05) is 103 Å². The number of para-hydroxylation sites is 1. The van der Waals surface area contributed by atoms with E-state index in [1.54, 1.807) is 0 Å². The summed E-state index contributed by atoms with van der Waals surface area (Å²) in [6.45, 7) is 0. The van der Waals surface area contributed by atoms with Gasteiger partial charge in [-0.3, -0.25) is 4.79 Å². The number of phenolic OH excluding ortho intramolecular Hbond substituents is 1. The highest BCUT2D eigenvalue weighted by Crippen LogP contribution is 2.34. The Balaban J connectivity index is 1.69. The molecule has 0 atom stereocenters. The van der Waals surface area contributed by atoms with Gasteiger partial charge in [0.1, 0.15) is 5.75 Å². The highest BCUT2D eigenvalue weighted by Gasteiger charge is 2.20. The number of carbonyl (C=O) groups is 1. The molecule has 0 heterocycles. The Morgan fingerprint density at radius 2 is 1.39 bits per heavy atom. The van der Waals surface area contributed by atoms with Crippen LogP contribution in [-0.2, 0) is 6.42 Å². The summed E-state index contributed by atoms with van der Waals surface area (Å²) in [5.41, 5.74) is 4.32. The Bertz CT molecular complexity index is 1180. The lowest BCUT2D eigenvalue weighted by molar-refractivity contribution is 0.102. The molecule has 31 heavy (non-hydrogen) atoms. The van der Waals surface area contributed by atoms with Crippen molar-refractivity contribution in [2.24, 2.45) is 0 Å². The molecule has 0 unspecified atom stereocenters. The van der Waals surface area contributed by atoms with Gasteiger partial charge in [-0.25, -0.2) is 0 Å². The Hall–Kier alpha value is -4.11. The van der Waals surface area contributed by atoms with Crippen molar-refractivity contribution in [3.63, 3.8) is 0 Å². The van der Waals surface area contributed by atoms with Crippen LogP contribution in [0.15, 0.2) is 109 Å². The van der Waals surface area contributed by atoms with E-state index in [0.717, 1.165) is 11.1 Å². The molecule has 0 fully saturated rings. The fourth-order valence-corrected chi connectivity index (χ4v) is 3.49. The van der Waals surface area contributed by atoms with Gasteiger partial charge in [-0.2, -0.15) is 0 Å². The lowest BCUT2D eigenvalue weighted by atomic mass is 9.94. The summed E-state index contributed by atoms with van der Waals surface area (Å²) in [5.74, 6) is -0.330. The van der Waals surface area contributed by atoms with Gasteiger partial charge < -0.3 is 10.4 Å². The van der Waals surface area contributed by atoms with Crippen LogP contribution < -0.4 is 5.32 Å². The maximum absolute atomic E-state index is 13.2. The molecule has 152 valence electrons. The number of anilines is 1. The molecule has 0 radical (unpaired) electrons. The van der Waals surface area contributed by atoms with E-state index in [4.69, 9.17) is 0 Å². The predicted molar refractivity (Wildman–Crippen MR) is 127 cm³/mol. The third-order valence-corrected chi connectivity index (χ3v) is 5.05. The number of nitrogens with one attached hydrogen (secondary N) is 1. The number of hydrogen-bond acceptors (Lipinski definition) is 2. The normalized spacial score (nSPS) is 10.8. The van der Waals surface area contributed by atoms with Crippen molar-refractivity contribution < 1.29 is 9.90 Å². The quantitative estimate of drug-likeness (QED) is 0.381. The molecule has 0 aliphatic carbocycles. The summed E-state index contributed by atoms with van der Waals surface area (Å²) in [4.78, 5) is 13.2. The van der Waals surface area contributed by atoms with Crippen LogP contribution in [0, 0.1) is 0 Å². The van der Waals surface area contributed by atoms with Crippen LogP contribution in [0.5, 0.6) is 5.75 Å². The molecule has 0 bridgehead atoms. The van der Waals surface area contributed by atoms with Gasteiger partial charge in [0, 0.05) is 5.69 Å². The van der Waals surface area contributed by atoms with Crippen molar-refractivity contribution in [1.29, 1.82) is 0 Å². The summed E-state index contributed by atoms with van der Waals surface area (Å²) < 4.78 is 0. The first-order valence-electron chi connectivity index (χ1n) is 10.2. The number of rotatable bonds is 6. The van der Waals surface area contributed by atoms with Gasteiger partial charge in [-0.05, 0) is 40.8 Å². The van der Waals surface area contributed by atoms with E-state index in [0.29, 0.717) is 23.2 Å². The first-order valence-corrected chi connectivity index (χ1v) is 10.2. The van der Waals surface area contributed by atoms with E-state index in [9.17, 15) is 9.90 Å². The molecule has 0 aromatic heterocycles. The van der Waals surface area contributed by atoms with E-state index >= 15 is 0 Å². The van der Waals surface area contributed by atoms with Crippen molar-refractivity contribution in [3.8, 4) is 16.9 Å². The monoisotopic (exact) mass is 405 g/mol. The standard InChI is InChI=1S/C28H23NO2/c30-27-23(16-10-13-21-11-4-1-5-12-21)19-20-25(22-14-6-2-7-15-22)26(27)28(31)29-24-17-8-3-9-18-24/h1-15,17-20,30H,16H2,(H,29,31). The van der Waals surface area contributed by atoms with E-state index in [1.165, 1.54) is 0 Å². The zero-order chi connectivity index (χ0) is 21.5. The van der Waals surface area contributed by atoms with Crippen LogP contribution in [0.25, 0.3) is 17.2 Å². The third-order valence-electron chi connectivity index (χ3n) is 5.05. The van der Waals surface area contributed by atoms with Crippen LogP contribution in [0.2, 0.25) is 0 Å². The topological polar surface area (TPSA) is 49.3 Å². The zero-order valence-corrected chi connectivity index (χ0v) is 17.0. The molecule has 3 nitrogen and oxygen atoms in total. The smallest absolute Gasteiger partial charge is 0.260 e. The van der Waals surface area contributed by atoms with Gasteiger partial charge >= 0.3 is 0 Å². The Morgan fingerprint density at radius 1 is 0.774 bits per heavy atom. The molecule has 4 aromatic rings. The number of carbonyl (C=O) groups excluding carboxylic acids is 1. The van der Waals surface area contributed by atoms with Crippen molar-refractivity contribution in [2.75, 3.05) is 5.32 Å². The number of phenols is 1. The minimum Gasteiger partial charge on any atom is -0.507 e. The van der Waals surface area contributed by atoms with Gasteiger partial charge in [0.05, 0.1) is 5.56 Å². The summed E-state index contributed by atoms with van der Waals surface area (Å²) in [6, 6.07) is 32.7. The summed E-state index contributed by atoms with van der Waals surface area (Å²) in [6.07, 6.45) is 4.52. The van der Waals surface area contributed by atoms with Crippen molar-refractivity contribution >= 4 is 17.7 Å². The van der Waals surface area contributed by atoms with E-state index in [2.05, 4.69) is 5.32 Å². The number of hydrogen-bond donors (Lipinski definition) is 2. The van der Waals surface area contributed by atoms with Crippen molar-refractivity contribution in [1.82, 2.24) is 0 Å². The lowest BCUT2D eigenvalue weighted by Gasteiger charge is -2.15. The van der Waals surface area contributed by atoms with Gasteiger partial charge in [-0.15, -0.1) is 0 Å². The SMILES string of the molecule is O=C(Nc1ccccc1)c1c(-c2ccccc2)ccc(CC=Cc2ccccc2)c1O. The van der Waals surface area contributed by atoms with Crippen molar-refractivity contribution in [3.05, 3.63) is 126 Å². The fourth-order valence-electron chi connectivity index (χ4n) is 3.49. The number of amides is 1. The Morgan fingerprint density at radius 3 is 2.06 bits per heavy atom. The molecule has 0 saturated carbocycles. The molecule has 0 aliphatic heterocycles. The Kier molecular flexibility index (Phi) is 6.24. The Labute approximate surface area is 182 Å². The second-order valence-corrected chi connectivity index (χ2v) is 7.20. The maximum atomic E-state index is 13.2. The molecule has 2 N–H and O–H groups in total. The fraction of sp³-hybridized carbons (Fsp3) is 0.0357. The number of allylic oxidation sites excluding steroid dienone is 1. The van der Waals surface area contributed by atoms with Crippen LogP contribution in [-0.4, -0.2) is 11.0 Å². The highest BCUT2D eigenvalue weighted by molar-refractivity contribution is 6.11. The number of benzene rings is 4. The van der Waals surface area contributed by atoms with Crippen LogP contribution in [0.1, 0.15) is 21.5 Å². The molecule has 0 aliphatic rings. The minimum absolute atomic E-state index is 0.00694. The summed E-state index contributed by atoms with van der Waals surface area (Å²) >= 11 is 0. The molecular weight excluding hydrogens is 382 g/mol. The minimum atomic E-state index is -0.337. The van der Waals surface area contributed by atoms with Crippen LogP contribution >= 0.6 is 0 Å². The van der Waals surface area contributed by atoms with Gasteiger partial charge in [0.15, 0.2) is 0 Å². The molecule has 1 amide bonds. The molecule has 4 aromatic carbocycles. The first-order chi connectivity index (χ1) is 15.2. The molecular formula is C28H23NO2. The summed E-state index contributed by atoms with van der Waals surface area (Å²) in [5, 5.41) is 14.0. The van der Waals surface area contributed by atoms with E-state index in [1.807, 2.05) is 115 Å². The first kappa shape index (κ1) is 20.2. The molecule has 3 heteroatoms. The van der Waals surface area contributed by atoms with Crippen LogP contribution in [0.3, 0.4) is 0 Å². The number of aromatic hydroxyl groups is 1. The summed E-state index contributed by atoms with van der Waals surface area (Å²) in [7, 11) is 0. The highest BCUT2D eigenvalue weighted by atomic mass is 16.3. The van der Waals surface area contributed by atoms with E-state index in [-0.39, 0.29) is 17.2 Å². The third kappa shape index (κ3) is 4.90. The van der Waals surface area contributed by atoms with E-state index < -0.39 is 0 Å². The lowest BCUT2D eigenvalue weighted by Crippen LogP contribution is -2.14. The van der Waals surface area contributed by atoms with Crippen molar-refractivity contribution in [2.45, 2.75) is 6.42 Å². The molecule has 0 saturated heterocycles. The largest absolute Gasteiger partial charge is 0.507 e. The second-order valence-electron chi connectivity index (χ2n) is 7.20. The molecule has 4 rings (SSSR count). The average molecular weight is 405 g/mol. The van der Waals surface area contributed by atoms with Gasteiger partial charge in [0.25, 0.3) is 5.91 Å². The predicted octanol–water partition coefficient (Wildman–Crippen LogP) is 6.57. The zero-order valence-electron chi connectivity index (χ0n) is 17.0. The van der Waals surface area contributed by atoms with Gasteiger partial charge in [0.2, 0.25) is 0 Å². The van der Waals surface area contributed by atoms with Crippen LogP contribution in [0.4, 0.5) is 5.69 Å². The average Bonchev–Trinajstić information content (AvgIpc) is 2.82.